The third kappa shape index (κ3) is 5.06. The summed E-state index contributed by atoms with van der Waals surface area (Å²) in [5.74, 6) is -2.31. The van der Waals surface area contributed by atoms with Gasteiger partial charge >= 0.3 is 12.1 Å². The van der Waals surface area contributed by atoms with Gasteiger partial charge in [0.2, 0.25) is 0 Å². The van der Waals surface area contributed by atoms with E-state index in [-0.39, 0.29) is 24.5 Å². The van der Waals surface area contributed by atoms with Crippen LogP contribution in [0.2, 0.25) is 0 Å². The second-order valence-electron chi connectivity index (χ2n) is 7.35. The van der Waals surface area contributed by atoms with Crippen LogP contribution < -0.4 is 0 Å². The quantitative estimate of drug-likeness (QED) is 0.271. The zero-order valence-electron chi connectivity index (χ0n) is 17.1. The van der Waals surface area contributed by atoms with Crippen molar-refractivity contribution in [2.24, 2.45) is 21.6 Å². The van der Waals surface area contributed by atoms with Crippen molar-refractivity contribution >= 4 is 23.1 Å². The number of nitrogens with zero attached hydrogens (tertiary/aromatic N) is 3. The third-order valence-corrected chi connectivity index (χ3v) is 4.66. The fraction of sp³-hybridized carbons (Fsp3) is 0.474. The highest BCUT2D eigenvalue weighted by Gasteiger charge is 2.48. The first kappa shape index (κ1) is 24.0. The van der Waals surface area contributed by atoms with E-state index < -0.39 is 51.1 Å². The van der Waals surface area contributed by atoms with Gasteiger partial charge in [0.1, 0.15) is 11.7 Å². The third-order valence-electron chi connectivity index (χ3n) is 4.66. The number of methoxy groups -OCH3 is 1. The smallest absolute Gasteiger partial charge is 0.416 e. The van der Waals surface area contributed by atoms with Crippen molar-refractivity contribution in [1.29, 1.82) is 0 Å². The molecule has 1 aliphatic rings. The molecule has 0 N–H and O–H groups in total. The van der Waals surface area contributed by atoms with Crippen LogP contribution in [-0.2, 0) is 25.2 Å². The monoisotopic (exact) mass is 443 g/mol. The van der Waals surface area contributed by atoms with Crippen molar-refractivity contribution in [2.45, 2.75) is 33.4 Å². The number of hydrogen-bond donors (Lipinski definition) is 0. The Labute approximate surface area is 175 Å². The maximum absolute atomic E-state index is 12.9. The molecule has 0 radical (unpaired) electrons. The van der Waals surface area contributed by atoms with Crippen molar-refractivity contribution in [2.75, 3.05) is 13.7 Å². The summed E-state index contributed by atoms with van der Waals surface area (Å²) < 4.78 is 48.9. The molecular weight excluding hydrogens is 423 g/mol. The molecule has 0 heterocycles. The van der Waals surface area contributed by atoms with Crippen LogP contribution in [0.15, 0.2) is 39.9 Å². The van der Waals surface area contributed by atoms with Gasteiger partial charge in [-0.3, -0.25) is 19.7 Å². The SMILES string of the molecule is CCOC(=O)C1C(OC)=C(N=Nc2ccc(C(F)(F)F)cc2[N+](=O)[O-])C(=O)CC1(C)C. The highest BCUT2D eigenvalue weighted by molar-refractivity contribution is 5.99. The van der Waals surface area contributed by atoms with Gasteiger partial charge in [0.05, 0.1) is 24.2 Å². The Morgan fingerprint density at radius 2 is 1.97 bits per heavy atom. The largest absolute Gasteiger partial charge is 0.498 e. The molecule has 12 heteroatoms. The fourth-order valence-corrected chi connectivity index (χ4v) is 3.23. The van der Waals surface area contributed by atoms with Gasteiger partial charge in [0.15, 0.2) is 17.2 Å². The lowest BCUT2D eigenvalue weighted by Crippen LogP contribution is -2.40. The number of alkyl halides is 3. The molecule has 0 aliphatic heterocycles. The molecule has 0 bridgehead atoms. The summed E-state index contributed by atoms with van der Waals surface area (Å²) >= 11 is 0. The van der Waals surface area contributed by atoms with E-state index in [1.807, 2.05) is 0 Å². The van der Waals surface area contributed by atoms with Gasteiger partial charge in [-0.2, -0.15) is 13.2 Å². The summed E-state index contributed by atoms with van der Waals surface area (Å²) in [4.78, 5) is 35.2. The Morgan fingerprint density at radius 1 is 1.32 bits per heavy atom. The minimum Gasteiger partial charge on any atom is -0.498 e. The number of ketones is 1. The van der Waals surface area contributed by atoms with Crippen LogP contribution in [0.5, 0.6) is 0 Å². The van der Waals surface area contributed by atoms with Crippen molar-refractivity contribution < 1.29 is 37.2 Å². The number of nitro groups is 1. The molecule has 31 heavy (non-hydrogen) atoms. The number of hydrogen-bond acceptors (Lipinski definition) is 8. The number of rotatable bonds is 6. The van der Waals surface area contributed by atoms with E-state index in [0.717, 1.165) is 6.07 Å². The molecule has 0 fully saturated rings. The molecule has 0 amide bonds. The van der Waals surface area contributed by atoms with Crippen LogP contribution >= 0.6 is 0 Å². The van der Waals surface area contributed by atoms with E-state index in [1.54, 1.807) is 20.8 Å². The van der Waals surface area contributed by atoms with E-state index in [1.165, 1.54) is 7.11 Å². The molecule has 1 aromatic carbocycles. The maximum Gasteiger partial charge on any atom is 0.416 e. The first-order valence-corrected chi connectivity index (χ1v) is 9.08. The van der Waals surface area contributed by atoms with Gasteiger partial charge in [0.25, 0.3) is 5.69 Å². The molecule has 1 aromatic rings. The number of carbonyl (C=O) groups excluding carboxylic acids is 2. The Balaban J connectivity index is 2.58. The van der Waals surface area contributed by atoms with Gasteiger partial charge < -0.3 is 9.47 Å². The highest BCUT2D eigenvalue weighted by atomic mass is 19.4. The molecule has 1 aliphatic carbocycles. The lowest BCUT2D eigenvalue weighted by Gasteiger charge is -2.36. The first-order chi connectivity index (χ1) is 14.3. The van der Waals surface area contributed by atoms with Gasteiger partial charge in [-0.1, -0.05) is 13.8 Å². The van der Waals surface area contributed by atoms with Crippen LogP contribution in [0.25, 0.3) is 0 Å². The van der Waals surface area contributed by atoms with Gasteiger partial charge in [-0.25, -0.2) is 0 Å². The number of ether oxygens (including phenoxy) is 2. The maximum atomic E-state index is 12.9. The van der Waals surface area contributed by atoms with Gasteiger partial charge in [-0.15, -0.1) is 10.2 Å². The average Bonchev–Trinajstić information content (AvgIpc) is 2.65. The number of nitro benzene ring substituents is 1. The fourth-order valence-electron chi connectivity index (χ4n) is 3.23. The standard InChI is InChI=1S/C19H20F3N3O6/c1-5-31-17(27)14-16(30-4)15(13(26)9-18(14,2)3)24-23-11-7-6-10(19(20,21)22)8-12(11)25(28)29/h6-8,14H,5,9H2,1-4H3. The Kier molecular flexibility index (Phi) is 6.82. The average molecular weight is 443 g/mol. The van der Waals surface area contributed by atoms with Gasteiger partial charge in [0, 0.05) is 12.5 Å². The van der Waals surface area contributed by atoms with E-state index in [4.69, 9.17) is 9.47 Å². The number of benzene rings is 1. The van der Waals surface area contributed by atoms with Crippen molar-refractivity contribution in [3.8, 4) is 0 Å². The summed E-state index contributed by atoms with van der Waals surface area (Å²) in [7, 11) is 1.21. The predicted molar refractivity (Wildman–Crippen MR) is 100 cm³/mol. The van der Waals surface area contributed by atoms with Crippen molar-refractivity contribution in [3.05, 3.63) is 45.3 Å². The van der Waals surface area contributed by atoms with Crippen LogP contribution in [0.4, 0.5) is 24.5 Å². The number of esters is 1. The zero-order chi connectivity index (χ0) is 23.6. The van der Waals surface area contributed by atoms with Crippen LogP contribution in [0.3, 0.4) is 0 Å². The summed E-state index contributed by atoms with van der Waals surface area (Å²) in [5, 5.41) is 18.5. The van der Waals surface area contributed by atoms with E-state index >= 15 is 0 Å². The lowest BCUT2D eigenvalue weighted by atomic mass is 9.69. The molecular formula is C19H20F3N3O6. The van der Waals surface area contributed by atoms with Crippen LogP contribution in [-0.4, -0.2) is 30.4 Å². The van der Waals surface area contributed by atoms with Crippen molar-refractivity contribution in [3.63, 3.8) is 0 Å². The molecule has 0 saturated carbocycles. The molecule has 2 rings (SSSR count). The molecule has 0 aromatic heterocycles. The van der Waals surface area contributed by atoms with E-state index in [0.29, 0.717) is 12.1 Å². The van der Waals surface area contributed by atoms with Crippen LogP contribution in [0.1, 0.15) is 32.8 Å². The summed E-state index contributed by atoms with van der Waals surface area (Å²) in [5.41, 5.74) is -3.88. The van der Waals surface area contributed by atoms with Crippen molar-refractivity contribution in [1.82, 2.24) is 0 Å². The molecule has 9 nitrogen and oxygen atoms in total. The van der Waals surface area contributed by atoms with E-state index in [2.05, 4.69) is 10.2 Å². The minimum absolute atomic E-state index is 0.0882. The van der Waals surface area contributed by atoms with Gasteiger partial charge in [-0.05, 0) is 24.5 Å². The number of carbonyl (C=O) groups is 2. The molecule has 0 spiro atoms. The Morgan fingerprint density at radius 3 is 2.48 bits per heavy atom. The number of allylic oxidation sites excluding steroid dienone is 1. The Bertz CT molecular complexity index is 969. The lowest BCUT2D eigenvalue weighted by molar-refractivity contribution is -0.384. The molecule has 168 valence electrons. The zero-order valence-corrected chi connectivity index (χ0v) is 17.1. The van der Waals surface area contributed by atoms with E-state index in [9.17, 15) is 32.9 Å². The summed E-state index contributed by atoms with van der Waals surface area (Å²) in [6.07, 6.45) is -4.91. The molecule has 0 saturated heterocycles. The number of azo groups is 1. The minimum atomic E-state index is -4.79. The Hall–Kier alpha value is -3.31. The molecule has 1 atom stereocenters. The second-order valence-corrected chi connectivity index (χ2v) is 7.35. The summed E-state index contributed by atoms with van der Waals surface area (Å²) in [6, 6.07) is 1.71. The predicted octanol–water partition coefficient (Wildman–Crippen LogP) is 4.73. The molecule has 1 unspecified atom stereocenters. The first-order valence-electron chi connectivity index (χ1n) is 9.08. The highest BCUT2D eigenvalue weighted by Crippen LogP contribution is 2.44. The van der Waals surface area contributed by atoms with Crippen LogP contribution in [0, 0.1) is 21.4 Å². The number of Topliss-reactive ketones (excluding diaryl/α,β-unsaturated/α-hetero) is 1. The topological polar surface area (TPSA) is 120 Å². The second kappa shape index (κ2) is 8.82. The normalized spacial score (nSPS) is 18.9. The summed E-state index contributed by atoms with van der Waals surface area (Å²) in [6.45, 7) is 5.03. The number of halogens is 3.